The van der Waals surface area contributed by atoms with Crippen molar-refractivity contribution in [3.63, 3.8) is 0 Å². The summed E-state index contributed by atoms with van der Waals surface area (Å²) in [5, 5.41) is 0. The Labute approximate surface area is 154 Å². The van der Waals surface area contributed by atoms with Gasteiger partial charge in [-0.1, -0.05) is 0 Å². The second-order valence-electron chi connectivity index (χ2n) is 5.56. The van der Waals surface area contributed by atoms with E-state index in [1.807, 2.05) is 0 Å². The molecule has 2 aromatic rings. The van der Waals surface area contributed by atoms with E-state index in [4.69, 9.17) is 32.7 Å². The van der Waals surface area contributed by atoms with Crippen LogP contribution in [0.5, 0.6) is 0 Å². The molecule has 1 aliphatic rings. The van der Waals surface area contributed by atoms with Crippen molar-refractivity contribution in [1.82, 2.24) is 9.97 Å². The predicted molar refractivity (Wildman–Crippen MR) is 90.5 cm³/mol. The van der Waals surface area contributed by atoms with Crippen molar-refractivity contribution in [2.45, 2.75) is 4.33 Å². The summed E-state index contributed by atoms with van der Waals surface area (Å²) in [5.41, 5.74) is 0.789. The zero-order chi connectivity index (χ0) is 17.9. The van der Waals surface area contributed by atoms with E-state index in [-0.39, 0.29) is 25.0 Å². The van der Waals surface area contributed by atoms with E-state index >= 15 is 0 Å². The lowest BCUT2D eigenvalue weighted by Gasteiger charge is -2.05. The lowest BCUT2D eigenvalue weighted by molar-refractivity contribution is 0.0419. The molecule has 0 aromatic carbocycles. The molecular formula is C17H14Cl2N2O4. The zero-order valence-corrected chi connectivity index (χ0v) is 14.5. The number of alkyl halides is 2. The van der Waals surface area contributed by atoms with Crippen LogP contribution in [0.4, 0.5) is 0 Å². The van der Waals surface area contributed by atoms with Crippen molar-refractivity contribution in [3.05, 3.63) is 60.2 Å². The summed E-state index contributed by atoms with van der Waals surface area (Å²) in [4.78, 5) is 31.5. The molecular weight excluding hydrogens is 367 g/mol. The fraction of sp³-hybridized carbons (Fsp3) is 0.294. The Hall–Kier alpha value is -2.18. The number of esters is 2. The van der Waals surface area contributed by atoms with Crippen molar-refractivity contribution in [3.8, 4) is 0 Å². The first-order valence-electron chi connectivity index (χ1n) is 7.52. The fourth-order valence-corrected chi connectivity index (χ4v) is 3.12. The first-order chi connectivity index (χ1) is 12.0. The number of pyridine rings is 2. The summed E-state index contributed by atoms with van der Waals surface area (Å²) in [6.45, 7) is 0.0945. The zero-order valence-electron chi connectivity index (χ0n) is 13.0. The topological polar surface area (TPSA) is 78.4 Å². The van der Waals surface area contributed by atoms with Crippen molar-refractivity contribution in [1.29, 1.82) is 0 Å². The lowest BCUT2D eigenvalue weighted by Crippen LogP contribution is -2.11. The highest BCUT2D eigenvalue weighted by Gasteiger charge is 2.64. The van der Waals surface area contributed by atoms with Gasteiger partial charge in [-0.3, -0.25) is 9.97 Å². The van der Waals surface area contributed by atoms with Crippen LogP contribution in [0.3, 0.4) is 0 Å². The minimum absolute atomic E-state index is 0.0473. The Balaban J connectivity index is 1.49. The number of ether oxygens (including phenoxy) is 2. The maximum atomic E-state index is 11.9. The van der Waals surface area contributed by atoms with Gasteiger partial charge in [0.05, 0.1) is 24.3 Å². The van der Waals surface area contributed by atoms with Crippen molar-refractivity contribution < 1.29 is 19.1 Å². The summed E-state index contributed by atoms with van der Waals surface area (Å²) in [7, 11) is 0. The van der Waals surface area contributed by atoms with E-state index in [1.54, 1.807) is 24.3 Å². The van der Waals surface area contributed by atoms with E-state index in [1.165, 1.54) is 24.8 Å². The van der Waals surface area contributed by atoms with E-state index in [0.29, 0.717) is 11.1 Å². The molecule has 25 heavy (non-hydrogen) atoms. The van der Waals surface area contributed by atoms with Crippen LogP contribution in [-0.2, 0) is 9.47 Å². The van der Waals surface area contributed by atoms with Gasteiger partial charge in [-0.25, -0.2) is 9.59 Å². The summed E-state index contributed by atoms with van der Waals surface area (Å²) in [6, 6.07) is 6.21. The Bertz CT molecular complexity index is 692. The fourth-order valence-electron chi connectivity index (χ4n) is 2.39. The molecule has 1 fully saturated rings. The van der Waals surface area contributed by atoms with Gasteiger partial charge in [0.25, 0.3) is 0 Å². The highest BCUT2D eigenvalue weighted by molar-refractivity contribution is 6.51. The first kappa shape index (κ1) is 17.6. The van der Waals surface area contributed by atoms with Crippen LogP contribution in [0, 0.1) is 11.8 Å². The smallest absolute Gasteiger partial charge is 0.338 e. The van der Waals surface area contributed by atoms with Crippen molar-refractivity contribution in [2.75, 3.05) is 13.2 Å². The Kier molecular flexibility index (Phi) is 5.20. The highest BCUT2D eigenvalue weighted by atomic mass is 35.5. The van der Waals surface area contributed by atoms with Crippen LogP contribution < -0.4 is 0 Å². The van der Waals surface area contributed by atoms with Crippen LogP contribution in [0.2, 0.25) is 0 Å². The standard InChI is InChI=1S/C17H14Cl2N2O4/c18-17(19)13(9-24-15(22)11-1-5-20-6-2-11)14(17)10-25-16(23)12-3-7-21-8-4-12/h1-8,13-14H,9-10H2. The molecule has 2 atom stereocenters. The van der Waals surface area contributed by atoms with E-state index in [2.05, 4.69) is 9.97 Å². The molecule has 2 unspecified atom stereocenters. The number of carbonyl (C=O) groups excluding carboxylic acids is 2. The number of aromatic nitrogens is 2. The quantitative estimate of drug-likeness (QED) is 0.566. The van der Waals surface area contributed by atoms with Gasteiger partial charge in [0, 0.05) is 36.6 Å². The molecule has 2 heterocycles. The Morgan fingerprint density at radius 1 is 0.840 bits per heavy atom. The van der Waals surface area contributed by atoms with Gasteiger partial charge in [-0.15, -0.1) is 23.2 Å². The molecule has 0 radical (unpaired) electrons. The number of nitrogens with zero attached hydrogens (tertiary/aromatic N) is 2. The molecule has 0 spiro atoms. The minimum atomic E-state index is -1.09. The van der Waals surface area contributed by atoms with Crippen LogP contribution in [0.25, 0.3) is 0 Å². The maximum absolute atomic E-state index is 11.9. The summed E-state index contributed by atoms with van der Waals surface area (Å²) < 4.78 is 9.36. The van der Waals surface area contributed by atoms with Gasteiger partial charge < -0.3 is 9.47 Å². The summed E-state index contributed by atoms with van der Waals surface area (Å²) >= 11 is 12.4. The molecule has 0 aliphatic heterocycles. The molecule has 0 amide bonds. The van der Waals surface area contributed by atoms with Gasteiger partial charge >= 0.3 is 11.9 Å². The molecule has 6 nitrogen and oxygen atoms in total. The number of halogens is 2. The Morgan fingerprint density at radius 2 is 1.20 bits per heavy atom. The van der Waals surface area contributed by atoms with Gasteiger partial charge in [-0.2, -0.15) is 0 Å². The average molecular weight is 381 g/mol. The van der Waals surface area contributed by atoms with Crippen molar-refractivity contribution in [2.24, 2.45) is 11.8 Å². The van der Waals surface area contributed by atoms with Crippen LogP contribution in [-0.4, -0.2) is 39.5 Å². The molecule has 3 rings (SSSR count). The SMILES string of the molecule is O=C(OCC1C(COC(=O)c2ccncc2)C1(Cl)Cl)c1ccncc1. The second kappa shape index (κ2) is 7.37. The Morgan fingerprint density at radius 3 is 1.56 bits per heavy atom. The predicted octanol–water partition coefficient (Wildman–Crippen LogP) is 2.91. The molecule has 130 valence electrons. The number of hydrogen-bond acceptors (Lipinski definition) is 6. The van der Waals surface area contributed by atoms with Gasteiger partial charge in [-0.05, 0) is 24.3 Å². The van der Waals surface area contributed by atoms with Crippen LogP contribution >= 0.6 is 23.2 Å². The van der Waals surface area contributed by atoms with Crippen LogP contribution in [0.1, 0.15) is 20.7 Å². The largest absolute Gasteiger partial charge is 0.462 e. The molecule has 2 aromatic heterocycles. The molecule has 8 heteroatoms. The van der Waals surface area contributed by atoms with Gasteiger partial charge in [0.1, 0.15) is 4.33 Å². The molecule has 1 saturated carbocycles. The molecule has 0 N–H and O–H groups in total. The second-order valence-corrected chi connectivity index (χ2v) is 7.00. The average Bonchev–Trinajstić information content (AvgIpc) is 3.18. The number of rotatable bonds is 6. The third-order valence-corrected chi connectivity index (χ3v) is 5.11. The third kappa shape index (κ3) is 4.08. The normalized spacial score (nSPS) is 20.6. The summed E-state index contributed by atoms with van der Waals surface area (Å²) in [6.07, 6.45) is 6.01. The van der Waals surface area contributed by atoms with Gasteiger partial charge in [0.2, 0.25) is 0 Å². The minimum Gasteiger partial charge on any atom is -0.462 e. The van der Waals surface area contributed by atoms with Crippen LogP contribution in [0.15, 0.2) is 49.1 Å². The maximum Gasteiger partial charge on any atom is 0.338 e. The number of hydrogen-bond donors (Lipinski definition) is 0. The van der Waals surface area contributed by atoms with Gasteiger partial charge in [0.15, 0.2) is 0 Å². The van der Waals surface area contributed by atoms with E-state index in [0.717, 1.165) is 0 Å². The molecule has 0 bridgehead atoms. The van der Waals surface area contributed by atoms with E-state index in [9.17, 15) is 9.59 Å². The lowest BCUT2D eigenvalue weighted by atomic mass is 10.3. The highest BCUT2D eigenvalue weighted by Crippen LogP contribution is 2.59. The first-order valence-corrected chi connectivity index (χ1v) is 8.28. The van der Waals surface area contributed by atoms with E-state index < -0.39 is 16.3 Å². The monoisotopic (exact) mass is 380 g/mol. The van der Waals surface area contributed by atoms with Crippen molar-refractivity contribution >= 4 is 35.1 Å². The number of carbonyl (C=O) groups is 2. The summed E-state index contributed by atoms with van der Waals surface area (Å²) in [5.74, 6) is -1.56. The third-order valence-electron chi connectivity index (χ3n) is 3.99. The molecule has 1 aliphatic carbocycles. The molecule has 0 saturated heterocycles.